The number of amides is 5. The molecule has 6 aliphatic heterocycles. The second-order valence-electron chi connectivity index (χ2n) is 21.5. The van der Waals surface area contributed by atoms with Gasteiger partial charge in [-0.05, 0) is 19.3 Å². The van der Waals surface area contributed by atoms with Crippen molar-refractivity contribution < 1.29 is 149 Å². The van der Waals surface area contributed by atoms with Crippen LogP contribution >= 0.6 is 0 Å². The van der Waals surface area contributed by atoms with Crippen molar-refractivity contribution in [2.75, 3.05) is 74.1 Å². The van der Waals surface area contributed by atoms with Crippen LogP contribution in [0, 0.1) is 34.9 Å². The van der Waals surface area contributed by atoms with Gasteiger partial charge in [0.05, 0.1) is 77.4 Å². The van der Waals surface area contributed by atoms with Gasteiger partial charge in [0.25, 0.3) is 29.5 Å². The third-order valence-corrected chi connectivity index (χ3v) is 15.9. The van der Waals surface area contributed by atoms with Gasteiger partial charge in [0.15, 0.2) is 34.3 Å². The number of nitrogens with zero attached hydrogens (tertiary/aromatic N) is 5. The van der Waals surface area contributed by atoms with Gasteiger partial charge in [-0.2, -0.15) is 26.3 Å². The summed E-state index contributed by atoms with van der Waals surface area (Å²) in [7, 11) is 3.50. The number of pyridine rings is 3. The summed E-state index contributed by atoms with van der Waals surface area (Å²) in [6, 6.07) is -2.43. The third-order valence-electron chi connectivity index (χ3n) is 15.9. The number of nitrogens with one attached hydrogen (secondary N) is 3. The van der Waals surface area contributed by atoms with E-state index in [-0.39, 0.29) is 125 Å². The monoisotopic (exact) mass is 1510 g/mol. The first-order valence-electron chi connectivity index (χ1n) is 27.7. The number of carbonyl (C=O) groups is 6. The van der Waals surface area contributed by atoms with Crippen molar-refractivity contribution in [3.8, 4) is 17.2 Å². The van der Waals surface area contributed by atoms with Crippen LogP contribution in [-0.2, 0) is 32.0 Å². The zero-order valence-electron chi connectivity index (χ0n) is 50.0. The molecule has 5 amide bonds. The molecule has 0 unspecified atom stereocenters. The number of aromatic hydroxyl groups is 1. The summed E-state index contributed by atoms with van der Waals surface area (Å²) in [6.07, 6.45) is -5.25. The van der Waals surface area contributed by atoms with Crippen LogP contribution in [0.25, 0.3) is 0 Å². The molecule has 0 bridgehead atoms. The van der Waals surface area contributed by atoms with E-state index in [9.17, 15) is 101 Å². The van der Waals surface area contributed by atoms with Gasteiger partial charge >= 0.3 is 41.4 Å². The van der Waals surface area contributed by atoms with Crippen molar-refractivity contribution in [3.05, 3.63) is 153 Å². The first-order valence-corrected chi connectivity index (χ1v) is 27.7. The number of alkyl halides is 6. The molecule has 6 atom stereocenters. The molecule has 24 nitrogen and oxygen atoms in total. The molecule has 3 aromatic heterocycles. The van der Waals surface area contributed by atoms with Crippen molar-refractivity contribution >= 4 is 58.6 Å². The van der Waals surface area contributed by atoms with E-state index >= 15 is 0 Å². The Morgan fingerprint density at radius 3 is 1.36 bits per heavy atom. The van der Waals surface area contributed by atoms with Gasteiger partial charge in [0, 0.05) is 86.9 Å². The Balaban J connectivity index is 0.000000230. The van der Waals surface area contributed by atoms with Crippen molar-refractivity contribution in [1.29, 1.82) is 0 Å². The minimum atomic E-state index is -4.76. The third kappa shape index (κ3) is 15.8. The summed E-state index contributed by atoms with van der Waals surface area (Å²) in [6.45, 7) is -4.01. The Morgan fingerprint density at radius 2 is 0.927 bits per heavy atom. The van der Waals surface area contributed by atoms with Gasteiger partial charge in [0.2, 0.25) is 16.3 Å². The molecule has 39 heteroatoms. The number of hydrogen-bond acceptors (Lipinski definition) is 16. The van der Waals surface area contributed by atoms with Gasteiger partial charge in [-0.25, -0.2) is 31.1 Å². The minimum Gasteiger partial charge on any atom is -1.00 e. The smallest absolute Gasteiger partial charge is 1.00 e. The van der Waals surface area contributed by atoms with Crippen molar-refractivity contribution in [3.63, 3.8) is 0 Å². The SMILES string of the molecule is COC(=O)c1cn2c(c(OC)c1=O)C(=O)N[C@H]1COCC[C@H]12.COc1c2n(cc(C(=O)NCc3c(F)cc(F)cc3F)c1=O)[C@@H]1CCOC[C@@H]1N(CC(F)(F)F)C2=O.O=C(NCc1c(F)cc(F)cc1F)c1cn2c(c(O)c1=O)C(=O)N(CC(F)(F)F)[C@H]1COCC[C@H]12.[Br-].[Br-].[Mg+2]. The molecule has 0 radical (unpaired) electrons. The molecule has 4 N–H and O–H groups in total. The van der Waals surface area contributed by atoms with Gasteiger partial charge in [0.1, 0.15) is 64.7 Å². The first kappa shape index (κ1) is 77.3. The summed E-state index contributed by atoms with van der Waals surface area (Å²) in [5.41, 5.74) is -6.94. The molecule has 516 valence electrons. The maximum atomic E-state index is 13.9. The van der Waals surface area contributed by atoms with Gasteiger partial charge in [-0.15, -0.1) is 0 Å². The maximum Gasteiger partial charge on any atom is 2.00 e. The topological polar surface area (TPSA) is 287 Å². The number of aromatic nitrogens is 3. The molecular weight excluding hydrogens is 1460 g/mol. The molecule has 3 saturated heterocycles. The normalized spacial score (nSPS) is 19.8. The van der Waals surface area contributed by atoms with E-state index in [2.05, 4.69) is 20.7 Å². The van der Waals surface area contributed by atoms with Crippen LogP contribution in [0.1, 0.15) is 111 Å². The second kappa shape index (κ2) is 31.2. The fraction of sp³-hybridized carbons (Fsp3) is 0.421. The zero-order valence-corrected chi connectivity index (χ0v) is 54.6. The van der Waals surface area contributed by atoms with E-state index in [1.165, 1.54) is 25.0 Å². The number of halogens is 14. The van der Waals surface area contributed by atoms with Crippen LogP contribution in [0.5, 0.6) is 17.2 Å². The van der Waals surface area contributed by atoms with E-state index in [0.29, 0.717) is 53.7 Å². The van der Waals surface area contributed by atoms with Crippen molar-refractivity contribution in [2.45, 2.75) is 81.0 Å². The van der Waals surface area contributed by atoms with Crippen LogP contribution in [-0.4, -0.2) is 192 Å². The average molecular weight is 1520 g/mol. The molecule has 0 aliphatic carbocycles. The fourth-order valence-electron chi connectivity index (χ4n) is 11.7. The number of esters is 1. The maximum absolute atomic E-state index is 13.9. The number of hydrogen-bond donors (Lipinski definition) is 4. The summed E-state index contributed by atoms with van der Waals surface area (Å²) in [5.74, 6) is -15.3. The summed E-state index contributed by atoms with van der Waals surface area (Å²) >= 11 is 0. The number of fused-ring (bicyclic) bond motifs is 9. The van der Waals surface area contributed by atoms with E-state index < -0.39 is 195 Å². The minimum absolute atomic E-state index is 0. The number of ether oxygens (including phenoxy) is 6. The van der Waals surface area contributed by atoms with E-state index in [1.54, 1.807) is 4.57 Å². The Hall–Kier alpha value is -7.72. The van der Waals surface area contributed by atoms with Crippen LogP contribution < -0.4 is 75.7 Å². The predicted octanol–water partition coefficient (Wildman–Crippen LogP) is -1.85. The Labute approximate surface area is 569 Å². The second-order valence-corrected chi connectivity index (χ2v) is 21.5. The van der Waals surface area contributed by atoms with Crippen LogP contribution in [0.4, 0.5) is 52.7 Å². The number of benzene rings is 2. The molecule has 96 heavy (non-hydrogen) atoms. The van der Waals surface area contributed by atoms with E-state index in [0.717, 1.165) is 24.1 Å². The van der Waals surface area contributed by atoms with Crippen LogP contribution in [0.2, 0.25) is 0 Å². The van der Waals surface area contributed by atoms with Crippen LogP contribution in [0.3, 0.4) is 0 Å². The first-order chi connectivity index (χ1) is 43.9. The number of rotatable bonds is 11. The molecule has 3 fully saturated rings. The molecule has 5 aromatic rings. The van der Waals surface area contributed by atoms with Gasteiger partial charge in [-0.1, -0.05) is 0 Å². The summed E-state index contributed by atoms with van der Waals surface area (Å²) < 4.78 is 195. The molecular formula is C57H52Br2F12MgN8O16. The zero-order chi connectivity index (χ0) is 67.9. The molecule has 0 spiro atoms. The van der Waals surface area contributed by atoms with E-state index in [4.69, 9.17) is 23.7 Å². The average Bonchev–Trinajstić information content (AvgIpc) is 0.749. The largest absolute Gasteiger partial charge is 2.00 e. The standard InChI is InChI=1S/C22H19F6N3O5.C21H17F6N3O5.C14H16N2O6.2BrH.Mg/c1-35-19-17-21(34)31(9-22(26,27)28)16-8-36-3-2-15(16)30(17)7-12(18(19)32)20(33)29-6-11-13(24)4-10(23)5-14(11)25;22-9-3-12(23)10(13(24)4-9)5-28-19(33)11-6-29-14-1-2-35-7-15(14)30(8-21(25,26)27)20(34)16(29)18(32)17(11)31;1-20-12-10-13(18)15-8-6-22-4-3-9(8)16(10)5-7(11(12)17)14(19)21-2;;;/h4-5,7,15-16H,2-3,6,8-9H2,1H3,(H,29,33);3-4,6,14-15,32H,1-2,5,7-8H2,(H,28,33);5,8-9H,3-4,6H2,1-2H3,(H,15,18);2*1H;/q;;;;;+2/p-2/t15-,16+;14-,15+;8-,9+;;;/m110.../s1. The molecule has 11 rings (SSSR count). The molecule has 0 saturated carbocycles. The van der Waals surface area contributed by atoms with Crippen LogP contribution in [0.15, 0.2) is 57.2 Å². The number of carbonyl (C=O) groups excluding carboxylic acids is 6. The van der Waals surface area contributed by atoms with Gasteiger partial charge in [-0.3, -0.25) is 38.4 Å². The van der Waals surface area contributed by atoms with Gasteiger partial charge < -0.3 is 107 Å². The summed E-state index contributed by atoms with van der Waals surface area (Å²) in [4.78, 5) is 114. The summed E-state index contributed by atoms with van der Waals surface area (Å²) in [5, 5.41) is 17.5. The molecule has 2 aromatic carbocycles. The van der Waals surface area contributed by atoms with Crippen molar-refractivity contribution in [1.82, 2.24) is 39.5 Å². The quantitative estimate of drug-likeness (QED) is 0.0642. The molecule has 9 heterocycles. The fourth-order valence-corrected chi connectivity index (χ4v) is 11.7. The Morgan fingerprint density at radius 1 is 0.552 bits per heavy atom. The predicted molar refractivity (Wildman–Crippen MR) is 295 cm³/mol. The van der Waals surface area contributed by atoms with E-state index in [1.807, 2.05) is 0 Å². The van der Waals surface area contributed by atoms with Crippen molar-refractivity contribution in [2.24, 2.45) is 0 Å². The molecule has 6 aliphatic rings. The number of methoxy groups -OCH3 is 3. The Kier molecular flexibility index (Phi) is 25.1. The Bertz CT molecular complexity index is 4000.